The van der Waals surface area contributed by atoms with Crippen molar-refractivity contribution in [1.29, 1.82) is 5.26 Å². The molecule has 0 radical (unpaired) electrons. The van der Waals surface area contributed by atoms with Gasteiger partial charge in [-0.15, -0.1) is 0 Å². The van der Waals surface area contributed by atoms with E-state index in [0.29, 0.717) is 0 Å². The highest BCUT2D eigenvalue weighted by Crippen LogP contribution is 2.31. The van der Waals surface area contributed by atoms with Gasteiger partial charge < -0.3 is 9.30 Å². The maximum atomic E-state index is 9.48. The number of aryl methyl sites for hydroxylation is 1. The van der Waals surface area contributed by atoms with Crippen LogP contribution >= 0.6 is 0 Å². The smallest absolute Gasteiger partial charge is 0.130 e. The quantitative estimate of drug-likeness (QED) is 0.847. The van der Waals surface area contributed by atoms with E-state index in [1.54, 1.807) is 13.3 Å². The molecule has 19 heavy (non-hydrogen) atoms. The summed E-state index contributed by atoms with van der Waals surface area (Å²) < 4.78 is 7.19. The first-order chi connectivity index (χ1) is 9.10. The van der Waals surface area contributed by atoms with Crippen LogP contribution in [0.1, 0.15) is 28.4 Å². The minimum atomic E-state index is -0.357. The van der Waals surface area contributed by atoms with Crippen molar-refractivity contribution in [3.63, 3.8) is 0 Å². The monoisotopic (exact) mass is 255 g/mol. The number of imidazole rings is 1. The number of nitrogens with zero attached hydrogens (tertiary/aromatic N) is 3. The Morgan fingerprint density at radius 3 is 2.58 bits per heavy atom. The van der Waals surface area contributed by atoms with Gasteiger partial charge in [-0.3, -0.25) is 0 Å². The third-order valence-electron chi connectivity index (χ3n) is 3.56. The molecule has 4 heteroatoms. The molecule has 0 saturated carbocycles. The minimum absolute atomic E-state index is 0.357. The maximum Gasteiger partial charge on any atom is 0.130 e. The fourth-order valence-electron chi connectivity index (χ4n) is 2.27. The first kappa shape index (κ1) is 13.2. The number of hydrogen-bond donors (Lipinski definition) is 0. The number of nitriles is 1. The highest BCUT2D eigenvalue weighted by molar-refractivity contribution is 5.48. The molecule has 0 N–H and O–H groups in total. The van der Waals surface area contributed by atoms with Crippen LogP contribution in [-0.2, 0) is 7.05 Å². The molecule has 0 amide bonds. The molecular formula is C15H17N3O. The first-order valence-corrected chi connectivity index (χ1v) is 6.11. The Kier molecular flexibility index (Phi) is 3.57. The van der Waals surface area contributed by atoms with Gasteiger partial charge in [0.15, 0.2) is 0 Å². The third kappa shape index (κ3) is 2.19. The summed E-state index contributed by atoms with van der Waals surface area (Å²) in [5.41, 5.74) is 3.12. The molecule has 0 aliphatic carbocycles. The van der Waals surface area contributed by atoms with Gasteiger partial charge >= 0.3 is 0 Å². The number of benzene rings is 1. The third-order valence-corrected chi connectivity index (χ3v) is 3.56. The van der Waals surface area contributed by atoms with Crippen molar-refractivity contribution in [2.75, 3.05) is 7.11 Å². The molecule has 4 nitrogen and oxygen atoms in total. The first-order valence-electron chi connectivity index (χ1n) is 6.11. The second-order valence-corrected chi connectivity index (χ2v) is 4.57. The van der Waals surface area contributed by atoms with E-state index in [1.807, 2.05) is 43.8 Å². The lowest BCUT2D eigenvalue weighted by Crippen LogP contribution is -2.08. The molecular weight excluding hydrogens is 238 g/mol. The van der Waals surface area contributed by atoms with Gasteiger partial charge in [0, 0.05) is 19.4 Å². The molecule has 2 aromatic rings. The van der Waals surface area contributed by atoms with Crippen LogP contribution in [0.5, 0.6) is 5.75 Å². The van der Waals surface area contributed by atoms with Crippen molar-refractivity contribution in [3.05, 3.63) is 47.0 Å². The molecule has 0 bridgehead atoms. The van der Waals surface area contributed by atoms with Gasteiger partial charge in [0.05, 0.1) is 13.2 Å². The van der Waals surface area contributed by atoms with Crippen LogP contribution in [0, 0.1) is 25.2 Å². The molecule has 1 aromatic heterocycles. The summed E-state index contributed by atoms with van der Waals surface area (Å²) in [4.78, 5) is 4.29. The summed E-state index contributed by atoms with van der Waals surface area (Å²) >= 11 is 0. The van der Waals surface area contributed by atoms with Gasteiger partial charge in [0.1, 0.15) is 17.5 Å². The second-order valence-electron chi connectivity index (χ2n) is 4.57. The maximum absolute atomic E-state index is 9.48. The largest absolute Gasteiger partial charge is 0.496 e. The van der Waals surface area contributed by atoms with E-state index in [4.69, 9.17) is 4.74 Å². The van der Waals surface area contributed by atoms with Crippen molar-refractivity contribution in [2.45, 2.75) is 19.8 Å². The molecule has 0 aliphatic rings. The van der Waals surface area contributed by atoms with Gasteiger partial charge in [0.2, 0.25) is 0 Å². The van der Waals surface area contributed by atoms with E-state index >= 15 is 0 Å². The van der Waals surface area contributed by atoms with Gasteiger partial charge in [-0.1, -0.05) is 6.07 Å². The van der Waals surface area contributed by atoms with E-state index < -0.39 is 0 Å². The van der Waals surface area contributed by atoms with Crippen LogP contribution in [0.15, 0.2) is 24.5 Å². The van der Waals surface area contributed by atoms with E-state index in [1.165, 1.54) is 0 Å². The Hall–Kier alpha value is -2.28. The van der Waals surface area contributed by atoms with Crippen LogP contribution in [-0.4, -0.2) is 16.7 Å². The Bertz CT molecular complexity index is 637. The summed E-state index contributed by atoms with van der Waals surface area (Å²) in [6.07, 6.45) is 3.57. The predicted molar refractivity (Wildman–Crippen MR) is 73.1 cm³/mol. The molecule has 0 spiro atoms. The summed E-state index contributed by atoms with van der Waals surface area (Å²) in [5.74, 6) is 1.25. The lowest BCUT2D eigenvalue weighted by atomic mass is 9.92. The summed E-state index contributed by atoms with van der Waals surface area (Å²) in [7, 11) is 3.56. The zero-order valence-electron chi connectivity index (χ0n) is 11.6. The summed E-state index contributed by atoms with van der Waals surface area (Å²) in [5, 5.41) is 9.48. The van der Waals surface area contributed by atoms with E-state index in [2.05, 4.69) is 11.1 Å². The van der Waals surface area contributed by atoms with E-state index in [-0.39, 0.29) is 5.92 Å². The number of hydrogen-bond acceptors (Lipinski definition) is 3. The molecule has 0 saturated heterocycles. The predicted octanol–water partition coefficient (Wildman–Crippen LogP) is 2.70. The molecule has 0 fully saturated rings. The minimum Gasteiger partial charge on any atom is -0.496 e. The molecule has 1 atom stereocenters. The average Bonchev–Trinajstić information content (AvgIpc) is 2.82. The van der Waals surface area contributed by atoms with Crippen molar-refractivity contribution >= 4 is 0 Å². The van der Waals surface area contributed by atoms with Crippen molar-refractivity contribution in [3.8, 4) is 11.8 Å². The lowest BCUT2D eigenvalue weighted by molar-refractivity contribution is 0.411. The van der Waals surface area contributed by atoms with Crippen LogP contribution in [0.4, 0.5) is 0 Å². The zero-order valence-corrected chi connectivity index (χ0v) is 11.6. The molecule has 1 unspecified atom stereocenters. The van der Waals surface area contributed by atoms with Crippen molar-refractivity contribution < 1.29 is 4.74 Å². The Morgan fingerprint density at radius 1 is 1.32 bits per heavy atom. The SMILES string of the molecule is COc1ccc(C(C#N)c2nccn2C)c(C)c1C. The average molecular weight is 255 g/mol. The van der Waals surface area contributed by atoms with Crippen molar-refractivity contribution in [1.82, 2.24) is 9.55 Å². The molecule has 1 aromatic carbocycles. The van der Waals surface area contributed by atoms with Gasteiger partial charge in [0.25, 0.3) is 0 Å². The van der Waals surface area contributed by atoms with Gasteiger partial charge in [-0.2, -0.15) is 5.26 Å². The number of aromatic nitrogens is 2. The number of rotatable bonds is 3. The van der Waals surface area contributed by atoms with Crippen LogP contribution in [0.2, 0.25) is 0 Å². The van der Waals surface area contributed by atoms with Gasteiger partial charge in [-0.25, -0.2) is 4.98 Å². The number of methoxy groups -OCH3 is 1. The van der Waals surface area contributed by atoms with E-state index in [0.717, 1.165) is 28.3 Å². The number of ether oxygens (including phenoxy) is 1. The topological polar surface area (TPSA) is 50.8 Å². The second kappa shape index (κ2) is 5.15. The van der Waals surface area contributed by atoms with Gasteiger partial charge in [-0.05, 0) is 36.6 Å². The molecule has 0 aliphatic heterocycles. The van der Waals surface area contributed by atoms with Crippen molar-refractivity contribution in [2.24, 2.45) is 7.05 Å². The van der Waals surface area contributed by atoms with Crippen LogP contribution in [0.3, 0.4) is 0 Å². The highest BCUT2D eigenvalue weighted by atomic mass is 16.5. The lowest BCUT2D eigenvalue weighted by Gasteiger charge is -2.16. The highest BCUT2D eigenvalue weighted by Gasteiger charge is 2.21. The standard InChI is InChI=1S/C15H17N3O/c1-10-11(2)14(19-4)6-5-12(10)13(9-16)15-17-7-8-18(15)3/h5-8,13H,1-4H3. The Labute approximate surface area is 113 Å². The normalized spacial score (nSPS) is 11.9. The summed E-state index contributed by atoms with van der Waals surface area (Å²) in [6, 6.07) is 6.20. The van der Waals surface area contributed by atoms with E-state index in [9.17, 15) is 5.26 Å². The molecule has 2 rings (SSSR count). The zero-order chi connectivity index (χ0) is 14.0. The molecule has 98 valence electrons. The van der Waals surface area contributed by atoms with Crippen LogP contribution in [0.25, 0.3) is 0 Å². The molecule has 1 heterocycles. The Balaban J connectivity index is 2.55. The fourth-order valence-corrected chi connectivity index (χ4v) is 2.27. The Morgan fingerprint density at radius 2 is 2.05 bits per heavy atom. The fraction of sp³-hybridized carbons (Fsp3) is 0.333. The summed E-state index contributed by atoms with van der Waals surface area (Å²) in [6.45, 7) is 4.02. The van der Waals surface area contributed by atoms with Crippen LogP contribution < -0.4 is 4.74 Å².